The summed E-state index contributed by atoms with van der Waals surface area (Å²) >= 11 is 0. The van der Waals surface area contributed by atoms with Gasteiger partial charge in [0.05, 0.1) is 0 Å². The molecule has 12 heavy (non-hydrogen) atoms. The maximum absolute atomic E-state index is 2.26. The molecule has 0 N–H and O–H groups in total. The van der Waals surface area contributed by atoms with Crippen LogP contribution in [-0.4, -0.2) is 0 Å². The third-order valence-electron chi connectivity index (χ3n) is 2.09. The first kappa shape index (κ1) is 9.05. The Morgan fingerprint density at radius 1 is 1.25 bits per heavy atom. The Morgan fingerprint density at radius 2 is 1.92 bits per heavy atom. The lowest BCUT2D eigenvalue weighted by atomic mass is 9.96. The quantitative estimate of drug-likeness (QED) is 0.591. The van der Waals surface area contributed by atoms with Crippen LogP contribution < -0.4 is 0 Å². The zero-order valence-electron chi connectivity index (χ0n) is 7.83. The van der Waals surface area contributed by atoms with Crippen molar-refractivity contribution in [1.29, 1.82) is 0 Å². The molecule has 1 aromatic carbocycles. The van der Waals surface area contributed by atoms with Gasteiger partial charge in [0, 0.05) is 5.92 Å². The first-order valence-corrected chi connectivity index (χ1v) is 4.56. The van der Waals surface area contributed by atoms with Gasteiger partial charge < -0.3 is 0 Å². The van der Waals surface area contributed by atoms with E-state index >= 15 is 0 Å². The monoisotopic (exact) mass is 160 g/mol. The molecule has 0 spiro atoms. The van der Waals surface area contributed by atoms with E-state index in [1.54, 1.807) is 0 Å². The van der Waals surface area contributed by atoms with E-state index in [4.69, 9.17) is 0 Å². The summed E-state index contributed by atoms with van der Waals surface area (Å²) in [5, 5.41) is 0. The number of rotatable bonds is 3. The minimum atomic E-state index is 0.594. The van der Waals surface area contributed by atoms with Crippen molar-refractivity contribution in [1.82, 2.24) is 0 Å². The van der Waals surface area contributed by atoms with Gasteiger partial charge in [0.2, 0.25) is 0 Å². The third-order valence-corrected chi connectivity index (χ3v) is 2.09. The molecule has 0 bridgehead atoms. The lowest BCUT2D eigenvalue weighted by Gasteiger charge is -2.09. The van der Waals surface area contributed by atoms with Gasteiger partial charge in [-0.05, 0) is 18.9 Å². The fraction of sp³-hybridized carbons (Fsp3) is 0.333. The van der Waals surface area contributed by atoms with Gasteiger partial charge in [0.1, 0.15) is 0 Å². The van der Waals surface area contributed by atoms with Gasteiger partial charge in [0.25, 0.3) is 0 Å². The van der Waals surface area contributed by atoms with Crippen LogP contribution in [0.3, 0.4) is 0 Å². The predicted octanol–water partition coefficient (Wildman–Crippen LogP) is 3.76. The minimum Gasteiger partial charge on any atom is -0.0910 e. The molecule has 0 aliphatic heterocycles. The van der Waals surface area contributed by atoms with E-state index in [0.717, 1.165) is 0 Å². The van der Waals surface area contributed by atoms with Crippen molar-refractivity contribution < 1.29 is 0 Å². The molecule has 1 aromatic rings. The SMILES string of the molecule is C/C=C/C(CC)c1ccccc1. The molecule has 0 saturated heterocycles. The molecule has 0 radical (unpaired) electrons. The highest BCUT2D eigenvalue weighted by Gasteiger charge is 2.02. The lowest BCUT2D eigenvalue weighted by molar-refractivity contribution is 0.804. The van der Waals surface area contributed by atoms with Crippen LogP contribution in [-0.2, 0) is 0 Å². The average molecular weight is 160 g/mol. The van der Waals surface area contributed by atoms with Crippen LogP contribution in [0.15, 0.2) is 42.5 Å². The van der Waals surface area contributed by atoms with E-state index in [0.29, 0.717) is 5.92 Å². The average Bonchev–Trinajstić information content (AvgIpc) is 2.15. The molecule has 1 rings (SSSR count). The second kappa shape index (κ2) is 4.76. The summed E-state index contributed by atoms with van der Waals surface area (Å²) in [6.07, 6.45) is 5.56. The number of allylic oxidation sites excluding steroid dienone is 2. The van der Waals surface area contributed by atoms with Crippen LogP contribution in [0, 0.1) is 0 Å². The Hall–Kier alpha value is -1.04. The molecule has 0 aliphatic carbocycles. The fourth-order valence-corrected chi connectivity index (χ4v) is 1.42. The summed E-state index contributed by atoms with van der Waals surface area (Å²) < 4.78 is 0. The number of benzene rings is 1. The molecule has 0 saturated carbocycles. The van der Waals surface area contributed by atoms with E-state index in [1.165, 1.54) is 12.0 Å². The van der Waals surface area contributed by atoms with E-state index in [2.05, 4.69) is 56.3 Å². The van der Waals surface area contributed by atoms with Gasteiger partial charge in [-0.1, -0.05) is 49.4 Å². The predicted molar refractivity (Wildman–Crippen MR) is 54.3 cm³/mol. The molecule has 0 nitrogen and oxygen atoms in total. The number of hydrogen-bond acceptors (Lipinski definition) is 0. The molecule has 0 aliphatic rings. The van der Waals surface area contributed by atoms with Crippen LogP contribution >= 0.6 is 0 Å². The number of hydrogen-bond donors (Lipinski definition) is 0. The van der Waals surface area contributed by atoms with Crippen LogP contribution in [0.4, 0.5) is 0 Å². The summed E-state index contributed by atoms with van der Waals surface area (Å²) in [6, 6.07) is 10.6. The first-order chi connectivity index (χ1) is 5.88. The Labute approximate surface area is 74.9 Å². The van der Waals surface area contributed by atoms with E-state index in [-0.39, 0.29) is 0 Å². The van der Waals surface area contributed by atoms with Crippen molar-refractivity contribution in [2.45, 2.75) is 26.2 Å². The lowest BCUT2D eigenvalue weighted by Crippen LogP contribution is -1.91. The normalized spacial score (nSPS) is 13.5. The highest BCUT2D eigenvalue weighted by atomic mass is 14.1. The van der Waals surface area contributed by atoms with Crippen molar-refractivity contribution in [3.8, 4) is 0 Å². The summed E-state index contributed by atoms with van der Waals surface area (Å²) in [5.41, 5.74) is 1.41. The highest BCUT2D eigenvalue weighted by Crippen LogP contribution is 2.19. The van der Waals surface area contributed by atoms with E-state index in [9.17, 15) is 0 Å². The summed E-state index contributed by atoms with van der Waals surface area (Å²) in [6.45, 7) is 4.29. The van der Waals surface area contributed by atoms with Gasteiger partial charge in [-0.2, -0.15) is 0 Å². The molecule has 0 heteroatoms. The standard InChI is InChI=1S/C12H16/c1-3-8-11(4-2)12-9-6-5-7-10-12/h3,5-11H,4H2,1-2H3/b8-3+. The van der Waals surface area contributed by atoms with Crippen molar-refractivity contribution in [2.75, 3.05) is 0 Å². The Bertz CT molecular complexity index is 233. The first-order valence-electron chi connectivity index (χ1n) is 4.56. The van der Waals surface area contributed by atoms with Gasteiger partial charge in [0.15, 0.2) is 0 Å². The Balaban J connectivity index is 2.80. The largest absolute Gasteiger partial charge is 0.0910 e. The second-order valence-corrected chi connectivity index (χ2v) is 2.95. The van der Waals surface area contributed by atoms with Crippen LogP contribution in [0.1, 0.15) is 31.7 Å². The van der Waals surface area contributed by atoms with Gasteiger partial charge in [-0.3, -0.25) is 0 Å². The Morgan fingerprint density at radius 3 is 2.42 bits per heavy atom. The van der Waals surface area contributed by atoms with Crippen LogP contribution in [0.25, 0.3) is 0 Å². The summed E-state index contributed by atoms with van der Waals surface area (Å²) in [4.78, 5) is 0. The molecule has 64 valence electrons. The van der Waals surface area contributed by atoms with Gasteiger partial charge in [-0.25, -0.2) is 0 Å². The van der Waals surface area contributed by atoms with Crippen molar-refractivity contribution in [2.24, 2.45) is 0 Å². The van der Waals surface area contributed by atoms with Crippen molar-refractivity contribution in [3.63, 3.8) is 0 Å². The fourth-order valence-electron chi connectivity index (χ4n) is 1.42. The molecule has 0 aromatic heterocycles. The van der Waals surface area contributed by atoms with E-state index in [1.807, 2.05) is 0 Å². The van der Waals surface area contributed by atoms with Crippen molar-refractivity contribution in [3.05, 3.63) is 48.0 Å². The molecule has 0 heterocycles. The third kappa shape index (κ3) is 2.23. The molecular weight excluding hydrogens is 144 g/mol. The van der Waals surface area contributed by atoms with E-state index < -0.39 is 0 Å². The summed E-state index contributed by atoms with van der Waals surface area (Å²) in [5.74, 6) is 0.594. The zero-order valence-corrected chi connectivity index (χ0v) is 7.83. The zero-order chi connectivity index (χ0) is 8.81. The summed E-state index contributed by atoms with van der Waals surface area (Å²) in [7, 11) is 0. The van der Waals surface area contributed by atoms with Crippen molar-refractivity contribution >= 4 is 0 Å². The second-order valence-electron chi connectivity index (χ2n) is 2.95. The van der Waals surface area contributed by atoms with Gasteiger partial charge in [-0.15, -0.1) is 0 Å². The smallest absolute Gasteiger partial charge is 0.00152 e. The molecular formula is C12H16. The Kier molecular flexibility index (Phi) is 3.59. The molecule has 1 atom stereocenters. The molecule has 0 fully saturated rings. The van der Waals surface area contributed by atoms with Crippen LogP contribution in [0.5, 0.6) is 0 Å². The maximum Gasteiger partial charge on any atom is 0.00152 e. The minimum absolute atomic E-state index is 0.594. The topological polar surface area (TPSA) is 0 Å². The van der Waals surface area contributed by atoms with Gasteiger partial charge >= 0.3 is 0 Å². The molecule has 0 amide bonds. The molecule has 1 unspecified atom stereocenters. The highest BCUT2D eigenvalue weighted by molar-refractivity contribution is 5.23. The van der Waals surface area contributed by atoms with Crippen LogP contribution in [0.2, 0.25) is 0 Å². The maximum atomic E-state index is 2.26.